The van der Waals surface area contributed by atoms with E-state index in [1.54, 1.807) is 0 Å². The van der Waals surface area contributed by atoms with Crippen LogP contribution in [0.4, 0.5) is 4.20 Å². The highest BCUT2D eigenvalue weighted by Gasteiger charge is 1.99. The van der Waals surface area contributed by atoms with E-state index in [0.717, 1.165) is 13.8 Å². The zero-order valence-corrected chi connectivity index (χ0v) is 3.93. The van der Waals surface area contributed by atoms with Crippen LogP contribution in [-0.4, -0.2) is 5.90 Å². The minimum atomic E-state index is -1.16. The lowest BCUT2D eigenvalue weighted by molar-refractivity contribution is 0.925. The highest BCUT2D eigenvalue weighted by Crippen LogP contribution is 2.55. The first kappa shape index (κ1) is 2.87. The van der Waals surface area contributed by atoms with Gasteiger partial charge in [-0.2, -0.15) is 0 Å². The molecule has 1 heterocycles. The zero-order valence-electron chi connectivity index (χ0n) is 2.03. The molecule has 0 amide bonds. The fourth-order valence-electron chi connectivity index (χ4n) is 0.0299. The van der Waals surface area contributed by atoms with Gasteiger partial charge >= 0.3 is 0 Å². The molecule has 1 unspecified atom stereocenters. The molecule has 0 spiro atoms. The third kappa shape index (κ3) is 0.547. The molecule has 3 heteroatoms. The van der Waals surface area contributed by atoms with Crippen molar-refractivity contribution in [3.63, 3.8) is 0 Å². The number of rotatable bonds is 0. The molecule has 0 N–H and O–H groups in total. The van der Waals surface area contributed by atoms with Gasteiger partial charge in [0.15, 0.2) is 0 Å². The fraction of sp³-hybridized carbons (Fsp3) is 1.00. The SMILES string of the molecule is F[PH]1=PC1. The van der Waals surface area contributed by atoms with Crippen LogP contribution in [0.2, 0.25) is 0 Å². The monoisotopic (exact) mass is 96.0 g/mol. The summed E-state index contributed by atoms with van der Waals surface area (Å²) in [6.45, 7) is 0. The first-order chi connectivity index (χ1) is 1.89. The summed E-state index contributed by atoms with van der Waals surface area (Å²) in [6, 6.07) is 0. The lowest BCUT2D eigenvalue weighted by Crippen LogP contribution is -1.10. The molecule has 0 radical (unpaired) electrons. The Morgan fingerprint density at radius 3 is 2.25 bits per heavy atom. The van der Waals surface area contributed by atoms with Crippen molar-refractivity contribution in [1.82, 2.24) is 0 Å². The van der Waals surface area contributed by atoms with Crippen LogP contribution < -0.4 is 0 Å². The fourth-order valence-corrected chi connectivity index (χ4v) is 0.807. The van der Waals surface area contributed by atoms with Gasteiger partial charge in [0, 0.05) is 5.90 Å². The predicted octanol–water partition coefficient (Wildman–Crippen LogP) is 1.92. The van der Waals surface area contributed by atoms with E-state index in [9.17, 15) is 4.20 Å². The van der Waals surface area contributed by atoms with Crippen molar-refractivity contribution in [2.45, 2.75) is 0 Å². The average Bonchev–Trinajstić information content (AvgIpc) is 1.75. The van der Waals surface area contributed by atoms with E-state index in [4.69, 9.17) is 0 Å². The topological polar surface area (TPSA) is 0 Å². The quantitative estimate of drug-likeness (QED) is 0.404. The predicted molar refractivity (Wildman–Crippen MR) is 21.2 cm³/mol. The van der Waals surface area contributed by atoms with Crippen LogP contribution in [0.3, 0.4) is 0 Å². The molecule has 1 aliphatic rings. The molecular weight excluding hydrogens is 93.0 g/mol. The van der Waals surface area contributed by atoms with Crippen LogP contribution in [0.5, 0.6) is 0 Å². The molecule has 0 saturated heterocycles. The van der Waals surface area contributed by atoms with Gasteiger partial charge in [0.2, 0.25) is 0 Å². The van der Waals surface area contributed by atoms with Gasteiger partial charge in [0.25, 0.3) is 0 Å². The van der Waals surface area contributed by atoms with Gasteiger partial charge in [0.1, 0.15) is 0 Å². The molecule has 0 bridgehead atoms. The minimum absolute atomic E-state index is 0.894. The van der Waals surface area contributed by atoms with Crippen molar-refractivity contribution in [2.24, 2.45) is 0 Å². The summed E-state index contributed by atoms with van der Waals surface area (Å²) in [7, 11) is -0.0571. The molecule has 0 aromatic heterocycles. The van der Waals surface area contributed by atoms with Gasteiger partial charge in [-0.1, -0.05) is 7.87 Å². The average molecular weight is 96.0 g/mol. The van der Waals surface area contributed by atoms with Crippen LogP contribution in [0, 0.1) is 0 Å². The second-order valence-corrected chi connectivity index (χ2v) is 5.43. The summed E-state index contributed by atoms with van der Waals surface area (Å²) in [5.41, 5.74) is 0. The zero-order chi connectivity index (χ0) is 2.99. The molecule has 4 heavy (non-hydrogen) atoms. The normalized spacial score (nSPS) is 41.8. The van der Waals surface area contributed by atoms with Gasteiger partial charge in [-0.3, -0.25) is 0 Å². The number of halogens is 1. The second-order valence-electron chi connectivity index (χ2n) is 0.692. The summed E-state index contributed by atoms with van der Waals surface area (Å²) in [6.07, 6.45) is 0. The maximum Gasteiger partial charge on any atom is 0.0735 e. The van der Waals surface area contributed by atoms with E-state index in [1.807, 2.05) is 0 Å². The van der Waals surface area contributed by atoms with E-state index < -0.39 is 7.52 Å². The van der Waals surface area contributed by atoms with Crippen molar-refractivity contribution < 1.29 is 4.20 Å². The summed E-state index contributed by atoms with van der Waals surface area (Å²) < 4.78 is 11.2. The van der Waals surface area contributed by atoms with E-state index in [-0.39, 0.29) is 0 Å². The molecule has 1 aliphatic heterocycles. The Hall–Kier alpha value is 0.660. The lowest BCUT2D eigenvalue weighted by Gasteiger charge is -1.43. The maximum atomic E-state index is 11.2. The summed E-state index contributed by atoms with van der Waals surface area (Å²) >= 11 is 0. The Labute approximate surface area is 26.5 Å². The second kappa shape index (κ2) is 0.808. The van der Waals surface area contributed by atoms with Crippen molar-refractivity contribution in [3.8, 4) is 0 Å². The van der Waals surface area contributed by atoms with Gasteiger partial charge in [-0.05, 0) is 0 Å². The Kier molecular flexibility index (Phi) is 0.581. The minimum Gasteiger partial charge on any atom is -0.228 e. The van der Waals surface area contributed by atoms with Crippen LogP contribution >= 0.6 is 15.4 Å². The lowest BCUT2D eigenvalue weighted by atomic mass is 11.9. The van der Waals surface area contributed by atoms with Gasteiger partial charge in [-0.25, -0.2) is 4.20 Å². The van der Waals surface area contributed by atoms with Crippen LogP contribution in [0.15, 0.2) is 0 Å². The number of hydrogen-bond acceptors (Lipinski definition) is 0. The van der Waals surface area contributed by atoms with Gasteiger partial charge < -0.3 is 0 Å². The standard InChI is InChI=1S/CH3FP2/c2-4-1-3-4/h4H,1H2. The van der Waals surface area contributed by atoms with Crippen LogP contribution in [0.1, 0.15) is 0 Å². The van der Waals surface area contributed by atoms with E-state index in [2.05, 4.69) is 0 Å². The molecule has 24 valence electrons. The first-order valence-electron chi connectivity index (χ1n) is 1.08. The third-order valence-corrected chi connectivity index (χ3v) is 2.50. The molecular formula is CH3FP2. The van der Waals surface area contributed by atoms with Crippen molar-refractivity contribution in [2.75, 3.05) is 5.90 Å². The Morgan fingerprint density at radius 1 is 2.00 bits per heavy atom. The summed E-state index contributed by atoms with van der Waals surface area (Å²) in [5, 5.41) is 0. The largest absolute Gasteiger partial charge is 0.228 e. The van der Waals surface area contributed by atoms with Crippen molar-refractivity contribution in [1.29, 1.82) is 0 Å². The van der Waals surface area contributed by atoms with E-state index in [0.29, 0.717) is 0 Å². The Morgan fingerprint density at radius 2 is 2.25 bits per heavy atom. The van der Waals surface area contributed by atoms with Gasteiger partial charge in [0.05, 0.1) is 7.52 Å². The smallest absolute Gasteiger partial charge is 0.0735 e. The molecule has 0 saturated carbocycles. The number of hydrogen-bond donors (Lipinski definition) is 0. The highest BCUT2D eigenvalue weighted by atomic mass is 31.8. The van der Waals surface area contributed by atoms with Crippen LogP contribution in [-0.2, 0) is 0 Å². The molecule has 1 rings (SSSR count). The first-order valence-corrected chi connectivity index (χ1v) is 4.59. The Balaban J connectivity index is 2.54. The summed E-state index contributed by atoms with van der Waals surface area (Å²) in [5.74, 6) is 0.894. The molecule has 0 aromatic carbocycles. The highest BCUT2D eigenvalue weighted by molar-refractivity contribution is 8.08. The maximum absolute atomic E-state index is 11.2. The molecule has 0 fully saturated rings. The van der Waals surface area contributed by atoms with Crippen LogP contribution in [0.25, 0.3) is 0 Å². The summed E-state index contributed by atoms with van der Waals surface area (Å²) in [4.78, 5) is 0. The Bertz CT molecular complexity index is 57.1. The molecule has 1 atom stereocenters. The van der Waals surface area contributed by atoms with E-state index in [1.165, 1.54) is 0 Å². The molecule has 0 aliphatic carbocycles. The molecule has 0 nitrogen and oxygen atoms in total. The van der Waals surface area contributed by atoms with Crippen molar-refractivity contribution in [3.05, 3.63) is 0 Å². The third-order valence-electron chi connectivity index (χ3n) is 0.278. The molecule has 0 aromatic rings. The van der Waals surface area contributed by atoms with Gasteiger partial charge in [-0.15, -0.1) is 0 Å². The van der Waals surface area contributed by atoms with E-state index >= 15 is 0 Å². The van der Waals surface area contributed by atoms with Crippen molar-refractivity contribution >= 4 is 15.4 Å².